The fraction of sp³-hybridized carbons (Fsp3) is 0.500. The molecule has 1 aliphatic heterocycles. The van der Waals surface area contributed by atoms with Crippen LogP contribution in [0.15, 0.2) is 24.3 Å². The summed E-state index contributed by atoms with van der Waals surface area (Å²) in [5.74, 6) is 0.0501. The number of phenolic OH excluding ortho intramolecular Hbond substituents is 1. The van der Waals surface area contributed by atoms with Crippen molar-refractivity contribution in [1.29, 1.82) is 0 Å². The fourth-order valence-electron chi connectivity index (χ4n) is 2.57. The maximum atomic E-state index is 12.8. The number of amides is 2. The van der Waals surface area contributed by atoms with Crippen LogP contribution in [-0.2, 0) is 16.1 Å². The molecule has 1 saturated heterocycles. The minimum absolute atomic E-state index is 0.0589. The Morgan fingerprint density at radius 3 is 2.52 bits per heavy atom. The van der Waals surface area contributed by atoms with Crippen molar-refractivity contribution in [3.05, 3.63) is 29.8 Å². The van der Waals surface area contributed by atoms with Crippen LogP contribution in [0.3, 0.4) is 0 Å². The van der Waals surface area contributed by atoms with Crippen molar-refractivity contribution in [1.82, 2.24) is 10.2 Å². The molecule has 0 spiro atoms. The Morgan fingerprint density at radius 2 is 1.95 bits per heavy atom. The number of rotatable bonds is 3. The maximum absolute atomic E-state index is 12.8. The molecule has 5 nitrogen and oxygen atoms in total. The van der Waals surface area contributed by atoms with E-state index >= 15 is 0 Å². The fourth-order valence-corrected chi connectivity index (χ4v) is 2.57. The van der Waals surface area contributed by atoms with Crippen LogP contribution in [0.4, 0.5) is 0 Å². The molecule has 21 heavy (non-hydrogen) atoms. The summed E-state index contributed by atoms with van der Waals surface area (Å²) in [6.45, 7) is 5.99. The van der Waals surface area contributed by atoms with E-state index in [0.29, 0.717) is 19.4 Å². The molecule has 2 atom stereocenters. The average molecular weight is 290 g/mol. The lowest BCUT2D eigenvalue weighted by Gasteiger charge is -2.33. The van der Waals surface area contributed by atoms with Gasteiger partial charge in [-0.3, -0.25) is 9.59 Å². The predicted molar refractivity (Wildman–Crippen MR) is 79.6 cm³/mol. The second-order valence-electron chi connectivity index (χ2n) is 5.89. The monoisotopic (exact) mass is 290 g/mol. The van der Waals surface area contributed by atoms with Gasteiger partial charge in [-0.1, -0.05) is 19.1 Å². The van der Waals surface area contributed by atoms with Gasteiger partial charge in [0.05, 0.1) is 0 Å². The van der Waals surface area contributed by atoms with Crippen LogP contribution >= 0.6 is 0 Å². The standard InChI is InChI=1S/C16H22N2O3/c1-4-16(3)15(21)18(11(2)9-14(20)17-16)10-12-5-7-13(19)8-6-12/h5-8,11,19H,4,9-10H2,1-3H3,(H,17,20). The predicted octanol–water partition coefficient (Wildman–Crippen LogP) is 1.80. The second kappa shape index (κ2) is 5.76. The summed E-state index contributed by atoms with van der Waals surface area (Å²) in [5.41, 5.74) is 0.0828. The summed E-state index contributed by atoms with van der Waals surface area (Å²) in [7, 11) is 0. The number of hydrogen-bond donors (Lipinski definition) is 2. The minimum atomic E-state index is -0.848. The molecule has 1 aliphatic rings. The first-order valence-electron chi connectivity index (χ1n) is 7.25. The molecule has 2 unspecified atom stereocenters. The van der Waals surface area contributed by atoms with Gasteiger partial charge in [-0.15, -0.1) is 0 Å². The Labute approximate surface area is 125 Å². The highest BCUT2D eigenvalue weighted by Gasteiger charge is 2.41. The van der Waals surface area contributed by atoms with E-state index in [4.69, 9.17) is 0 Å². The molecule has 2 N–H and O–H groups in total. The summed E-state index contributed by atoms with van der Waals surface area (Å²) in [4.78, 5) is 26.5. The first-order valence-corrected chi connectivity index (χ1v) is 7.25. The number of aromatic hydroxyl groups is 1. The molecule has 0 saturated carbocycles. The van der Waals surface area contributed by atoms with E-state index < -0.39 is 5.54 Å². The molecule has 2 amide bonds. The van der Waals surface area contributed by atoms with Gasteiger partial charge in [0.2, 0.25) is 11.8 Å². The Balaban J connectivity index is 2.28. The van der Waals surface area contributed by atoms with Crippen molar-refractivity contribution >= 4 is 11.8 Å². The third-order valence-corrected chi connectivity index (χ3v) is 4.16. The van der Waals surface area contributed by atoms with Crippen LogP contribution in [0, 0.1) is 0 Å². The first-order chi connectivity index (χ1) is 9.85. The quantitative estimate of drug-likeness (QED) is 0.892. The largest absolute Gasteiger partial charge is 0.508 e. The average Bonchev–Trinajstić information content (AvgIpc) is 2.52. The number of nitrogens with one attached hydrogen (secondary N) is 1. The van der Waals surface area contributed by atoms with Crippen molar-refractivity contribution in [3.63, 3.8) is 0 Å². The topological polar surface area (TPSA) is 69.6 Å². The molecular weight excluding hydrogens is 268 g/mol. The highest BCUT2D eigenvalue weighted by molar-refractivity contribution is 5.93. The summed E-state index contributed by atoms with van der Waals surface area (Å²) >= 11 is 0. The third-order valence-electron chi connectivity index (χ3n) is 4.16. The summed E-state index contributed by atoms with van der Waals surface area (Å²) in [6, 6.07) is 6.63. The van der Waals surface area contributed by atoms with Crippen LogP contribution in [0.2, 0.25) is 0 Å². The highest BCUT2D eigenvalue weighted by atomic mass is 16.3. The van der Waals surface area contributed by atoms with E-state index in [1.165, 1.54) is 0 Å². The van der Waals surface area contributed by atoms with Crippen LogP contribution in [0.5, 0.6) is 5.75 Å². The molecule has 2 rings (SSSR count). The SMILES string of the molecule is CCC1(C)NC(=O)CC(C)N(Cc2ccc(O)cc2)C1=O. The van der Waals surface area contributed by atoms with Gasteiger partial charge in [-0.05, 0) is 38.0 Å². The lowest BCUT2D eigenvalue weighted by Crippen LogP contribution is -2.55. The van der Waals surface area contributed by atoms with E-state index in [1.54, 1.807) is 36.1 Å². The molecule has 0 aromatic heterocycles. The molecule has 0 aliphatic carbocycles. The van der Waals surface area contributed by atoms with Crippen molar-refractivity contribution in [2.24, 2.45) is 0 Å². The zero-order chi connectivity index (χ0) is 15.6. The first kappa shape index (κ1) is 15.4. The van der Waals surface area contributed by atoms with E-state index in [9.17, 15) is 14.7 Å². The Bertz CT molecular complexity index is 541. The van der Waals surface area contributed by atoms with Gasteiger partial charge in [-0.25, -0.2) is 0 Å². The van der Waals surface area contributed by atoms with Gasteiger partial charge < -0.3 is 15.3 Å². The van der Waals surface area contributed by atoms with Crippen molar-refractivity contribution in [3.8, 4) is 5.75 Å². The summed E-state index contributed by atoms with van der Waals surface area (Å²) < 4.78 is 0. The maximum Gasteiger partial charge on any atom is 0.248 e. The number of carbonyl (C=O) groups is 2. The smallest absolute Gasteiger partial charge is 0.248 e. The lowest BCUT2D eigenvalue weighted by atomic mass is 9.96. The number of nitrogens with zero attached hydrogens (tertiary/aromatic N) is 1. The second-order valence-corrected chi connectivity index (χ2v) is 5.89. The molecule has 1 heterocycles. The molecule has 0 bridgehead atoms. The van der Waals surface area contributed by atoms with Gasteiger partial charge in [0, 0.05) is 19.0 Å². The summed E-state index contributed by atoms with van der Waals surface area (Å²) in [5, 5.41) is 12.2. The van der Waals surface area contributed by atoms with Crippen LogP contribution in [-0.4, -0.2) is 33.4 Å². The number of phenols is 1. The molecule has 5 heteroatoms. The molecular formula is C16H22N2O3. The van der Waals surface area contributed by atoms with E-state index in [0.717, 1.165) is 5.56 Å². The molecule has 1 aromatic rings. The molecule has 114 valence electrons. The van der Waals surface area contributed by atoms with Crippen LogP contribution in [0.25, 0.3) is 0 Å². The van der Waals surface area contributed by atoms with Gasteiger partial charge in [0.1, 0.15) is 11.3 Å². The van der Waals surface area contributed by atoms with Crippen molar-refractivity contribution in [2.45, 2.75) is 51.7 Å². The normalized spacial score (nSPS) is 26.4. The van der Waals surface area contributed by atoms with Crippen LogP contribution in [0.1, 0.15) is 39.2 Å². The van der Waals surface area contributed by atoms with Gasteiger partial charge in [0.15, 0.2) is 0 Å². The van der Waals surface area contributed by atoms with E-state index in [-0.39, 0.29) is 23.6 Å². The number of hydrogen-bond acceptors (Lipinski definition) is 3. The van der Waals surface area contributed by atoms with Crippen LogP contribution < -0.4 is 5.32 Å². The lowest BCUT2D eigenvalue weighted by molar-refractivity contribution is -0.140. The van der Waals surface area contributed by atoms with E-state index in [1.807, 2.05) is 13.8 Å². The number of carbonyl (C=O) groups excluding carboxylic acids is 2. The van der Waals surface area contributed by atoms with Gasteiger partial charge in [0.25, 0.3) is 0 Å². The minimum Gasteiger partial charge on any atom is -0.508 e. The van der Waals surface area contributed by atoms with Crippen molar-refractivity contribution in [2.75, 3.05) is 0 Å². The van der Waals surface area contributed by atoms with E-state index in [2.05, 4.69) is 5.32 Å². The Hall–Kier alpha value is -2.04. The highest BCUT2D eigenvalue weighted by Crippen LogP contribution is 2.23. The molecule has 1 fully saturated rings. The molecule has 0 radical (unpaired) electrons. The third kappa shape index (κ3) is 3.17. The van der Waals surface area contributed by atoms with Gasteiger partial charge >= 0.3 is 0 Å². The Morgan fingerprint density at radius 1 is 1.33 bits per heavy atom. The summed E-state index contributed by atoms with van der Waals surface area (Å²) in [6.07, 6.45) is 0.857. The zero-order valence-electron chi connectivity index (χ0n) is 12.7. The number of benzene rings is 1. The zero-order valence-corrected chi connectivity index (χ0v) is 12.7. The molecule has 1 aromatic carbocycles. The van der Waals surface area contributed by atoms with Gasteiger partial charge in [-0.2, -0.15) is 0 Å². The Kier molecular flexibility index (Phi) is 4.21. The van der Waals surface area contributed by atoms with Crippen molar-refractivity contribution < 1.29 is 14.7 Å².